The van der Waals surface area contributed by atoms with Gasteiger partial charge >= 0.3 is 5.97 Å². The third kappa shape index (κ3) is 2.30. The van der Waals surface area contributed by atoms with E-state index in [9.17, 15) is 13.6 Å². The Kier molecular flexibility index (Phi) is 3.24. The Balaban J connectivity index is 2.30. The smallest absolute Gasteiger partial charge is 0.309 e. The summed E-state index contributed by atoms with van der Waals surface area (Å²) in [5.41, 5.74) is 1.65. The zero-order valence-electron chi connectivity index (χ0n) is 10.1. The van der Waals surface area contributed by atoms with Crippen molar-refractivity contribution in [1.29, 1.82) is 0 Å². The van der Waals surface area contributed by atoms with Gasteiger partial charge in [-0.3, -0.25) is 4.79 Å². The molecule has 18 heavy (non-hydrogen) atoms. The zero-order valence-corrected chi connectivity index (χ0v) is 10.1. The molecule has 0 atom stereocenters. The molecule has 0 aliphatic carbocycles. The predicted molar refractivity (Wildman–Crippen MR) is 64.2 cm³/mol. The van der Waals surface area contributed by atoms with Gasteiger partial charge in [-0.05, 0) is 31.0 Å². The normalized spacial score (nSPS) is 14.7. The molecular formula is C13H15F2NO2. The highest BCUT2D eigenvalue weighted by Crippen LogP contribution is 2.36. The Morgan fingerprint density at radius 2 is 2.22 bits per heavy atom. The van der Waals surface area contributed by atoms with Gasteiger partial charge in [-0.15, -0.1) is 0 Å². The number of fused-ring (bicyclic) bond motifs is 1. The molecule has 0 spiro atoms. The summed E-state index contributed by atoms with van der Waals surface area (Å²) in [5, 5.41) is 8.50. The second-order valence-electron chi connectivity index (χ2n) is 4.45. The number of alkyl halides is 2. The van der Waals surface area contributed by atoms with Crippen LogP contribution in [0.4, 0.5) is 14.5 Å². The second-order valence-corrected chi connectivity index (χ2v) is 4.45. The lowest BCUT2D eigenvalue weighted by molar-refractivity contribution is -0.145. The van der Waals surface area contributed by atoms with Gasteiger partial charge in [0.2, 0.25) is 0 Å². The zero-order chi connectivity index (χ0) is 13.3. The maximum absolute atomic E-state index is 13.7. The van der Waals surface area contributed by atoms with Crippen LogP contribution in [0, 0.1) is 0 Å². The van der Waals surface area contributed by atoms with Crippen LogP contribution in [-0.2, 0) is 17.1 Å². The number of carboxylic acids is 1. The van der Waals surface area contributed by atoms with E-state index in [-0.39, 0.29) is 5.56 Å². The SMILES string of the molecule is CCN1CCc2cc(C(F)(F)CC(=O)O)ccc21. The number of benzene rings is 1. The van der Waals surface area contributed by atoms with Crippen molar-refractivity contribution in [3.05, 3.63) is 29.3 Å². The minimum atomic E-state index is -3.31. The lowest BCUT2D eigenvalue weighted by Crippen LogP contribution is -2.20. The molecule has 98 valence electrons. The van der Waals surface area contributed by atoms with E-state index < -0.39 is 18.3 Å². The lowest BCUT2D eigenvalue weighted by Gasteiger charge is -2.18. The van der Waals surface area contributed by atoms with Gasteiger partial charge in [0.15, 0.2) is 0 Å². The summed E-state index contributed by atoms with van der Waals surface area (Å²) in [6, 6.07) is 4.43. The Labute approximate surface area is 104 Å². The van der Waals surface area contributed by atoms with E-state index in [1.165, 1.54) is 12.1 Å². The Morgan fingerprint density at radius 1 is 1.50 bits per heavy atom. The molecule has 5 heteroatoms. The maximum Gasteiger partial charge on any atom is 0.309 e. The quantitative estimate of drug-likeness (QED) is 0.899. The fourth-order valence-electron chi connectivity index (χ4n) is 2.32. The van der Waals surface area contributed by atoms with Gasteiger partial charge in [-0.1, -0.05) is 6.07 Å². The molecule has 1 aliphatic heterocycles. The fraction of sp³-hybridized carbons (Fsp3) is 0.462. The molecule has 0 radical (unpaired) electrons. The van der Waals surface area contributed by atoms with Crippen LogP contribution in [0.1, 0.15) is 24.5 Å². The third-order valence-electron chi connectivity index (χ3n) is 3.25. The third-order valence-corrected chi connectivity index (χ3v) is 3.25. The first-order valence-electron chi connectivity index (χ1n) is 5.92. The van der Waals surface area contributed by atoms with Crippen LogP contribution in [0.3, 0.4) is 0 Å². The van der Waals surface area contributed by atoms with Crippen molar-refractivity contribution in [2.24, 2.45) is 0 Å². The van der Waals surface area contributed by atoms with Crippen LogP contribution in [0.15, 0.2) is 18.2 Å². The number of halogens is 2. The van der Waals surface area contributed by atoms with Crippen LogP contribution < -0.4 is 4.90 Å². The molecule has 0 unspecified atom stereocenters. The van der Waals surface area contributed by atoms with E-state index in [0.717, 1.165) is 30.8 Å². The number of carboxylic acid groups (broad SMARTS) is 1. The highest BCUT2D eigenvalue weighted by Gasteiger charge is 2.35. The lowest BCUT2D eigenvalue weighted by atomic mass is 10.0. The van der Waals surface area contributed by atoms with Crippen molar-refractivity contribution < 1.29 is 18.7 Å². The summed E-state index contributed by atoms with van der Waals surface area (Å²) in [6.07, 6.45) is -0.427. The first kappa shape index (κ1) is 12.8. The van der Waals surface area contributed by atoms with Crippen LogP contribution in [0.2, 0.25) is 0 Å². The number of anilines is 1. The minimum absolute atomic E-state index is 0.207. The monoisotopic (exact) mass is 255 g/mol. The van der Waals surface area contributed by atoms with E-state index in [0.29, 0.717) is 0 Å². The van der Waals surface area contributed by atoms with Crippen LogP contribution in [0.5, 0.6) is 0 Å². The number of carbonyl (C=O) groups is 1. The number of aliphatic carboxylic acids is 1. The minimum Gasteiger partial charge on any atom is -0.481 e. The molecule has 1 aromatic rings. The molecule has 1 aromatic carbocycles. The highest BCUT2D eigenvalue weighted by atomic mass is 19.3. The molecule has 3 nitrogen and oxygen atoms in total. The summed E-state index contributed by atoms with van der Waals surface area (Å²) < 4.78 is 27.3. The molecule has 0 saturated carbocycles. The molecule has 0 bridgehead atoms. The van der Waals surface area contributed by atoms with Gasteiger partial charge in [0.25, 0.3) is 5.92 Å². The summed E-state index contributed by atoms with van der Waals surface area (Å²) >= 11 is 0. The Bertz CT molecular complexity index is 474. The topological polar surface area (TPSA) is 40.5 Å². The molecule has 2 rings (SSSR count). The highest BCUT2D eigenvalue weighted by molar-refractivity contribution is 5.68. The van der Waals surface area contributed by atoms with Crippen molar-refractivity contribution >= 4 is 11.7 Å². The summed E-state index contributed by atoms with van der Waals surface area (Å²) in [5.74, 6) is -4.80. The van der Waals surface area contributed by atoms with E-state index in [1.807, 2.05) is 6.92 Å². The summed E-state index contributed by atoms with van der Waals surface area (Å²) in [4.78, 5) is 12.6. The van der Waals surface area contributed by atoms with Gasteiger partial charge in [-0.2, -0.15) is 0 Å². The van der Waals surface area contributed by atoms with Crippen molar-refractivity contribution in [3.8, 4) is 0 Å². The summed E-state index contributed by atoms with van der Waals surface area (Å²) in [6.45, 7) is 3.69. The fourth-order valence-corrected chi connectivity index (χ4v) is 2.32. The van der Waals surface area contributed by atoms with Crippen LogP contribution in [-0.4, -0.2) is 24.2 Å². The van der Waals surface area contributed by atoms with Gasteiger partial charge in [0.1, 0.15) is 6.42 Å². The van der Waals surface area contributed by atoms with E-state index >= 15 is 0 Å². The van der Waals surface area contributed by atoms with Crippen LogP contribution in [0.25, 0.3) is 0 Å². The average Bonchev–Trinajstić information content (AvgIpc) is 2.69. The van der Waals surface area contributed by atoms with Crippen molar-refractivity contribution in [3.63, 3.8) is 0 Å². The largest absolute Gasteiger partial charge is 0.481 e. The van der Waals surface area contributed by atoms with Gasteiger partial charge in [0.05, 0.1) is 0 Å². The molecule has 0 amide bonds. The van der Waals surface area contributed by atoms with Gasteiger partial charge in [0, 0.05) is 24.3 Å². The van der Waals surface area contributed by atoms with Crippen molar-refractivity contribution in [2.75, 3.05) is 18.0 Å². The van der Waals surface area contributed by atoms with E-state index in [4.69, 9.17) is 5.11 Å². The maximum atomic E-state index is 13.7. The number of hydrogen-bond acceptors (Lipinski definition) is 2. The molecule has 0 saturated heterocycles. The first-order valence-corrected chi connectivity index (χ1v) is 5.92. The molecule has 1 aliphatic rings. The summed E-state index contributed by atoms with van der Waals surface area (Å²) in [7, 11) is 0. The number of rotatable bonds is 4. The number of likely N-dealkylation sites (N-methyl/N-ethyl adjacent to an activating group) is 1. The first-order chi connectivity index (χ1) is 8.44. The standard InChI is InChI=1S/C13H15F2NO2/c1-2-16-6-5-9-7-10(3-4-11(9)16)13(14,15)8-12(17)18/h3-4,7H,2,5-6,8H2,1H3,(H,17,18). The van der Waals surface area contributed by atoms with Crippen molar-refractivity contribution in [1.82, 2.24) is 0 Å². The molecule has 1 heterocycles. The predicted octanol–water partition coefficient (Wildman–Crippen LogP) is 2.64. The van der Waals surface area contributed by atoms with Gasteiger partial charge in [-0.25, -0.2) is 8.78 Å². The number of nitrogens with zero attached hydrogens (tertiary/aromatic N) is 1. The Hall–Kier alpha value is -1.65. The molecule has 1 N–H and O–H groups in total. The molecule has 0 fully saturated rings. The number of hydrogen-bond donors (Lipinski definition) is 1. The van der Waals surface area contributed by atoms with E-state index in [2.05, 4.69) is 4.90 Å². The Morgan fingerprint density at radius 3 is 2.83 bits per heavy atom. The average molecular weight is 255 g/mol. The molecule has 0 aromatic heterocycles. The van der Waals surface area contributed by atoms with Gasteiger partial charge < -0.3 is 10.0 Å². The molecular weight excluding hydrogens is 240 g/mol. The van der Waals surface area contributed by atoms with Crippen molar-refractivity contribution in [2.45, 2.75) is 25.7 Å². The van der Waals surface area contributed by atoms with E-state index in [1.54, 1.807) is 6.07 Å². The van der Waals surface area contributed by atoms with Crippen LogP contribution >= 0.6 is 0 Å². The second kappa shape index (κ2) is 4.55.